The van der Waals surface area contributed by atoms with Gasteiger partial charge in [-0.25, -0.2) is 4.99 Å². The number of rotatable bonds is 4. The fourth-order valence-electron chi connectivity index (χ4n) is 3.36. The number of aliphatic imine (C=N–C) groups is 1. The molecule has 5 heteroatoms. The largest absolute Gasteiger partial charge is 0.323 e. The van der Waals surface area contributed by atoms with Crippen molar-refractivity contribution in [2.24, 2.45) is 4.99 Å². The molecule has 0 unspecified atom stereocenters. The number of para-hydroxylation sites is 1. The average Bonchev–Trinajstić information content (AvgIpc) is 2.90. The third-order valence-electron chi connectivity index (χ3n) is 4.90. The maximum atomic E-state index is 13.1. The molecule has 4 rings (SSSR count). The van der Waals surface area contributed by atoms with Gasteiger partial charge in [0.15, 0.2) is 0 Å². The van der Waals surface area contributed by atoms with Crippen LogP contribution in [0.4, 0.5) is 5.69 Å². The lowest BCUT2D eigenvalue weighted by Crippen LogP contribution is -2.45. The Morgan fingerprint density at radius 1 is 0.933 bits per heavy atom. The minimum Gasteiger partial charge on any atom is -0.323 e. The Labute approximate surface area is 175 Å². The maximum Gasteiger partial charge on any atom is 0.272 e. The van der Waals surface area contributed by atoms with Crippen molar-refractivity contribution in [1.29, 1.82) is 0 Å². The highest BCUT2D eigenvalue weighted by Gasteiger charge is 2.30. The number of carbonyl (C=O) groups excluding carboxylic acids is 2. The van der Waals surface area contributed by atoms with Crippen LogP contribution in [0.3, 0.4) is 0 Å². The van der Waals surface area contributed by atoms with Crippen LogP contribution in [0, 0.1) is 0 Å². The van der Waals surface area contributed by atoms with Gasteiger partial charge < -0.3 is 10.2 Å². The van der Waals surface area contributed by atoms with E-state index in [1.807, 2.05) is 84.9 Å². The first-order valence-corrected chi connectivity index (χ1v) is 9.67. The van der Waals surface area contributed by atoms with Crippen LogP contribution < -0.4 is 10.2 Å². The third kappa shape index (κ3) is 4.05. The van der Waals surface area contributed by atoms with E-state index in [0.717, 1.165) is 22.4 Å². The van der Waals surface area contributed by atoms with Crippen molar-refractivity contribution < 1.29 is 9.59 Å². The number of nitrogens with zero attached hydrogens (tertiary/aromatic N) is 2. The Balaban J connectivity index is 1.68. The minimum absolute atomic E-state index is 0.296. The van der Waals surface area contributed by atoms with Crippen LogP contribution in [-0.4, -0.2) is 30.7 Å². The van der Waals surface area contributed by atoms with E-state index >= 15 is 0 Å². The van der Waals surface area contributed by atoms with Crippen LogP contribution in [-0.2, 0) is 9.59 Å². The van der Waals surface area contributed by atoms with E-state index in [0.29, 0.717) is 5.71 Å². The Morgan fingerprint density at radius 3 is 2.30 bits per heavy atom. The van der Waals surface area contributed by atoms with E-state index in [2.05, 4.69) is 10.3 Å². The fourth-order valence-corrected chi connectivity index (χ4v) is 3.36. The molecule has 2 amide bonds. The molecule has 1 atom stereocenters. The average molecular weight is 395 g/mol. The van der Waals surface area contributed by atoms with Gasteiger partial charge in [-0.2, -0.15) is 0 Å². The lowest BCUT2D eigenvalue weighted by Gasteiger charge is -2.20. The minimum atomic E-state index is -1.02. The molecular formula is C25H21N3O2. The first kappa shape index (κ1) is 19.3. The number of hydrogen-bond donors (Lipinski definition) is 1. The third-order valence-corrected chi connectivity index (χ3v) is 4.90. The summed E-state index contributed by atoms with van der Waals surface area (Å²) in [6.45, 7) is 0. The Morgan fingerprint density at radius 2 is 1.57 bits per heavy atom. The molecule has 0 aliphatic carbocycles. The number of nitrogens with one attached hydrogen (secondary N) is 1. The summed E-state index contributed by atoms with van der Waals surface area (Å²) < 4.78 is 0. The molecule has 3 aromatic carbocycles. The molecule has 0 spiro atoms. The first-order valence-electron chi connectivity index (χ1n) is 9.67. The second-order valence-electron chi connectivity index (χ2n) is 6.91. The van der Waals surface area contributed by atoms with E-state index in [-0.39, 0.29) is 11.8 Å². The number of hydrogen-bond acceptors (Lipinski definition) is 3. The smallest absolute Gasteiger partial charge is 0.272 e. The summed E-state index contributed by atoms with van der Waals surface area (Å²) >= 11 is 0. The molecule has 1 N–H and O–H groups in total. The molecule has 1 aliphatic rings. The topological polar surface area (TPSA) is 61.8 Å². The van der Waals surface area contributed by atoms with Crippen LogP contribution in [0.5, 0.6) is 0 Å². The fraction of sp³-hybridized carbons (Fsp3) is 0.0800. The molecule has 0 fully saturated rings. The number of benzene rings is 3. The number of amides is 2. The summed E-state index contributed by atoms with van der Waals surface area (Å²) in [5, 5.41) is 2.74. The van der Waals surface area contributed by atoms with Crippen LogP contribution in [0.2, 0.25) is 0 Å². The van der Waals surface area contributed by atoms with Crippen molar-refractivity contribution in [3.05, 3.63) is 108 Å². The predicted molar refractivity (Wildman–Crippen MR) is 119 cm³/mol. The molecule has 30 heavy (non-hydrogen) atoms. The lowest BCUT2D eigenvalue weighted by atomic mass is 10.0. The quantitative estimate of drug-likeness (QED) is 0.686. The molecule has 148 valence electrons. The monoisotopic (exact) mass is 395 g/mol. The number of carbonyl (C=O) groups is 2. The zero-order valence-corrected chi connectivity index (χ0v) is 16.5. The highest BCUT2D eigenvalue weighted by molar-refractivity contribution is 6.20. The van der Waals surface area contributed by atoms with E-state index in [9.17, 15) is 9.59 Å². The van der Waals surface area contributed by atoms with Crippen molar-refractivity contribution in [3.8, 4) is 0 Å². The molecule has 0 saturated carbocycles. The molecule has 0 radical (unpaired) electrons. The van der Waals surface area contributed by atoms with E-state index in [1.54, 1.807) is 18.0 Å². The van der Waals surface area contributed by atoms with Gasteiger partial charge >= 0.3 is 0 Å². The zero-order valence-electron chi connectivity index (χ0n) is 16.5. The van der Waals surface area contributed by atoms with Crippen molar-refractivity contribution >= 4 is 29.3 Å². The number of benzodiazepines with no additional fused rings is 1. The zero-order chi connectivity index (χ0) is 20.9. The first-order chi connectivity index (χ1) is 14.6. The van der Waals surface area contributed by atoms with Gasteiger partial charge in [0.1, 0.15) is 0 Å². The van der Waals surface area contributed by atoms with Gasteiger partial charge in [0.2, 0.25) is 12.1 Å². The van der Waals surface area contributed by atoms with Gasteiger partial charge in [-0.3, -0.25) is 9.59 Å². The highest BCUT2D eigenvalue weighted by atomic mass is 16.2. The second kappa shape index (κ2) is 8.57. The lowest BCUT2D eigenvalue weighted by molar-refractivity contribution is -0.124. The molecule has 5 nitrogen and oxygen atoms in total. The Kier molecular flexibility index (Phi) is 5.52. The van der Waals surface area contributed by atoms with Crippen molar-refractivity contribution in [2.75, 3.05) is 11.9 Å². The van der Waals surface area contributed by atoms with Gasteiger partial charge in [0, 0.05) is 24.3 Å². The normalized spacial score (nSPS) is 16.0. The van der Waals surface area contributed by atoms with E-state index < -0.39 is 6.17 Å². The summed E-state index contributed by atoms with van der Waals surface area (Å²) in [6, 6.07) is 26.8. The Hall–Kier alpha value is -3.99. The number of likely N-dealkylation sites (N-methyl/N-ethyl adjacent to an activating group) is 1. The van der Waals surface area contributed by atoms with Crippen molar-refractivity contribution in [1.82, 2.24) is 5.32 Å². The van der Waals surface area contributed by atoms with Crippen LogP contribution in [0.1, 0.15) is 16.7 Å². The number of fused-ring (bicyclic) bond motifs is 1. The predicted octanol–water partition coefficient (Wildman–Crippen LogP) is 3.66. The summed E-state index contributed by atoms with van der Waals surface area (Å²) in [5.74, 6) is -0.678. The van der Waals surface area contributed by atoms with Crippen LogP contribution in [0.25, 0.3) is 6.08 Å². The summed E-state index contributed by atoms with van der Waals surface area (Å²) in [6.07, 6.45) is 2.10. The standard InChI is InChI=1S/C25H21N3O2/c1-28-21-15-9-8-14-20(21)23(19-12-6-3-7-13-19)27-24(25(28)30)26-22(29)17-16-18-10-4-2-5-11-18/h2-17,24H,1H3,(H,26,29)/b17-16+/t24-/m1/s1. The molecule has 0 bridgehead atoms. The number of anilines is 1. The molecular weight excluding hydrogens is 374 g/mol. The van der Waals surface area contributed by atoms with Gasteiger partial charge in [-0.1, -0.05) is 78.9 Å². The SMILES string of the molecule is CN1C(=O)[C@H](NC(=O)/C=C/c2ccccc2)N=C(c2ccccc2)c2ccccc21. The van der Waals surface area contributed by atoms with E-state index in [4.69, 9.17) is 0 Å². The molecule has 1 heterocycles. The van der Waals surface area contributed by atoms with Gasteiger partial charge in [0.25, 0.3) is 5.91 Å². The summed E-state index contributed by atoms with van der Waals surface area (Å²) in [7, 11) is 1.70. The maximum absolute atomic E-state index is 13.1. The van der Waals surface area contributed by atoms with Crippen molar-refractivity contribution in [3.63, 3.8) is 0 Å². The van der Waals surface area contributed by atoms with Crippen LogP contribution in [0.15, 0.2) is 96.0 Å². The summed E-state index contributed by atoms with van der Waals surface area (Å²) in [5.41, 5.74) is 4.05. The summed E-state index contributed by atoms with van der Waals surface area (Å²) in [4.78, 5) is 31.8. The molecule has 0 aromatic heterocycles. The molecule has 0 saturated heterocycles. The molecule has 3 aromatic rings. The second-order valence-corrected chi connectivity index (χ2v) is 6.91. The molecule has 1 aliphatic heterocycles. The van der Waals surface area contributed by atoms with Gasteiger partial charge in [-0.15, -0.1) is 0 Å². The van der Waals surface area contributed by atoms with Gasteiger partial charge in [0.05, 0.1) is 11.4 Å². The van der Waals surface area contributed by atoms with E-state index in [1.165, 1.54) is 6.08 Å². The van der Waals surface area contributed by atoms with Crippen molar-refractivity contribution in [2.45, 2.75) is 6.17 Å². The Bertz CT molecular complexity index is 1120. The highest BCUT2D eigenvalue weighted by Crippen LogP contribution is 2.27. The van der Waals surface area contributed by atoms with Crippen LogP contribution >= 0.6 is 0 Å². The van der Waals surface area contributed by atoms with Gasteiger partial charge in [-0.05, 0) is 17.7 Å².